The van der Waals surface area contributed by atoms with Crippen molar-refractivity contribution in [1.82, 2.24) is 9.88 Å². The second kappa shape index (κ2) is 8.76. The Morgan fingerprint density at radius 2 is 1.96 bits per heavy atom. The average molecular weight is 354 g/mol. The Morgan fingerprint density at radius 1 is 1.15 bits per heavy atom. The van der Waals surface area contributed by atoms with E-state index in [2.05, 4.69) is 45.1 Å². The van der Waals surface area contributed by atoms with Crippen LogP contribution >= 0.6 is 0 Å². The Kier molecular flexibility index (Phi) is 6.17. The van der Waals surface area contributed by atoms with E-state index in [0.717, 1.165) is 51.4 Å². The van der Waals surface area contributed by atoms with Gasteiger partial charge in [0.1, 0.15) is 12.0 Å². The third-order valence-electron chi connectivity index (χ3n) is 4.96. The quantitative estimate of drug-likeness (QED) is 0.587. The summed E-state index contributed by atoms with van der Waals surface area (Å²) in [6.07, 6.45) is 4.75. The van der Waals surface area contributed by atoms with Crippen LogP contribution < -0.4 is 4.90 Å². The number of aromatic nitrogens is 1. The van der Waals surface area contributed by atoms with Crippen molar-refractivity contribution >= 4 is 11.5 Å². The summed E-state index contributed by atoms with van der Waals surface area (Å²) in [5.74, 6) is 0.847. The summed E-state index contributed by atoms with van der Waals surface area (Å²) >= 11 is 0. The topological polar surface area (TPSA) is 62.5 Å². The minimum absolute atomic E-state index is 0.0890. The molecule has 0 amide bonds. The molecule has 6 nitrogen and oxygen atoms in total. The molecule has 2 aromatic rings. The number of hydrogen-bond acceptors (Lipinski definition) is 5. The Balaban J connectivity index is 1.51. The Bertz CT molecular complexity index is 736. The first-order chi connectivity index (χ1) is 12.6. The number of aryl methyl sites for hydroxylation is 2. The van der Waals surface area contributed by atoms with Gasteiger partial charge in [-0.05, 0) is 50.9 Å². The first-order valence-corrected chi connectivity index (χ1v) is 9.26. The SMILES string of the molecule is Cc1cc(N2CCCN(CCCc3ccccc3)CC2)ncc1[N+](=O)[O-]. The molecule has 1 saturated heterocycles. The lowest BCUT2D eigenvalue weighted by Crippen LogP contribution is -2.32. The minimum atomic E-state index is -0.372. The zero-order valence-electron chi connectivity index (χ0n) is 15.3. The summed E-state index contributed by atoms with van der Waals surface area (Å²) in [5.41, 5.74) is 2.16. The fourth-order valence-corrected chi connectivity index (χ4v) is 3.47. The number of hydrogen-bond donors (Lipinski definition) is 0. The molecule has 0 N–H and O–H groups in total. The number of rotatable bonds is 6. The highest BCUT2D eigenvalue weighted by molar-refractivity contribution is 5.48. The van der Waals surface area contributed by atoms with E-state index in [1.807, 2.05) is 6.07 Å². The van der Waals surface area contributed by atoms with Crippen molar-refractivity contribution < 1.29 is 4.92 Å². The van der Waals surface area contributed by atoms with E-state index in [1.54, 1.807) is 6.92 Å². The van der Waals surface area contributed by atoms with Crippen LogP contribution in [0, 0.1) is 17.0 Å². The van der Waals surface area contributed by atoms with Crippen LogP contribution in [0.25, 0.3) is 0 Å². The molecule has 1 aromatic carbocycles. The molecular formula is C20H26N4O2. The van der Waals surface area contributed by atoms with Crippen molar-refractivity contribution in [3.63, 3.8) is 0 Å². The van der Waals surface area contributed by atoms with Crippen LogP contribution in [0.2, 0.25) is 0 Å². The zero-order valence-corrected chi connectivity index (χ0v) is 15.3. The highest BCUT2D eigenvalue weighted by Crippen LogP contribution is 2.22. The summed E-state index contributed by atoms with van der Waals surface area (Å²) in [4.78, 5) is 19.7. The lowest BCUT2D eigenvalue weighted by molar-refractivity contribution is -0.385. The number of anilines is 1. The zero-order chi connectivity index (χ0) is 18.4. The van der Waals surface area contributed by atoms with Crippen LogP contribution in [-0.4, -0.2) is 47.5 Å². The Morgan fingerprint density at radius 3 is 2.69 bits per heavy atom. The largest absolute Gasteiger partial charge is 0.355 e. The minimum Gasteiger partial charge on any atom is -0.355 e. The van der Waals surface area contributed by atoms with Gasteiger partial charge in [0.15, 0.2) is 0 Å². The van der Waals surface area contributed by atoms with Crippen LogP contribution in [0.3, 0.4) is 0 Å². The predicted molar refractivity (Wildman–Crippen MR) is 104 cm³/mol. The second-order valence-electron chi connectivity index (χ2n) is 6.86. The van der Waals surface area contributed by atoms with E-state index in [4.69, 9.17) is 0 Å². The van der Waals surface area contributed by atoms with Crippen LogP contribution in [-0.2, 0) is 6.42 Å². The molecule has 138 valence electrons. The molecule has 26 heavy (non-hydrogen) atoms. The molecule has 3 rings (SSSR count). The van der Waals surface area contributed by atoms with Gasteiger partial charge in [-0.15, -0.1) is 0 Å². The molecule has 0 spiro atoms. The molecule has 1 fully saturated rings. The van der Waals surface area contributed by atoms with Crippen LogP contribution in [0.5, 0.6) is 0 Å². The van der Waals surface area contributed by atoms with Gasteiger partial charge in [-0.2, -0.15) is 0 Å². The van der Waals surface area contributed by atoms with Crippen LogP contribution in [0.15, 0.2) is 42.6 Å². The van der Waals surface area contributed by atoms with E-state index in [1.165, 1.54) is 18.2 Å². The van der Waals surface area contributed by atoms with E-state index >= 15 is 0 Å². The van der Waals surface area contributed by atoms with Gasteiger partial charge in [0.2, 0.25) is 0 Å². The first-order valence-electron chi connectivity index (χ1n) is 9.26. The highest BCUT2D eigenvalue weighted by atomic mass is 16.6. The summed E-state index contributed by atoms with van der Waals surface area (Å²) in [6, 6.07) is 12.5. The van der Waals surface area contributed by atoms with Gasteiger partial charge < -0.3 is 9.80 Å². The first kappa shape index (κ1) is 18.3. The van der Waals surface area contributed by atoms with E-state index in [0.29, 0.717) is 5.56 Å². The lowest BCUT2D eigenvalue weighted by atomic mass is 10.1. The molecule has 0 aliphatic carbocycles. The second-order valence-corrected chi connectivity index (χ2v) is 6.86. The van der Waals surface area contributed by atoms with Gasteiger partial charge in [0.25, 0.3) is 5.69 Å². The molecule has 0 radical (unpaired) electrons. The lowest BCUT2D eigenvalue weighted by Gasteiger charge is -2.23. The van der Waals surface area contributed by atoms with Crippen molar-refractivity contribution in [2.45, 2.75) is 26.2 Å². The van der Waals surface area contributed by atoms with Gasteiger partial charge in [-0.25, -0.2) is 4.98 Å². The Hall–Kier alpha value is -2.47. The smallest absolute Gasteiger partial charge is 0.290 e. The normalized spacial score (nSPS) is 15.7. The fraction of sp³-hybridized carbons (Fsp3) is 0.450. The van der Waals surface area contributed by atoms with Crippen molar-refractivity contribution in [1.29, 1.82) is 0 Å². The van der Waals surface area contributed by atoms with Crippen molar-refractivity contribution in [3.8, 4) is 0 Å². The van der Waals surface area contributed by atoms with Gasteiger partial charge in [-0.3, -0.25) is 10.1 Å². The molecule has 0 bridgehead atoms. The van der Waals surface area contributed by atoms with Crippen molar-refractivity contribution in [2.75, 3.05) is 37.6 Å². The molecule has 2 heterocycles. The van der Waals surface area contributed by atoms with Crippen molar-refractivity contribution in [3.05, 3.63) is 63.8 Å². The molecule has 1 aliphatic heterocycles. The molecule has 1 aromatic heterocycles. The van der Waals surface area contributed by atoms with E-state index in [-0.39, 0.29) is 10.6 Å². The Labute approximate surface area is 154 Å². The number of nitro groups is 1. The molecule has 1 aliphatic rings. The molecule has 6 heteroatoms. The van der Waals surface area contributed by atoms with Gasteiger partial charge >= 0.3 is 0 Å². The average Bonchev–Trinajstić information content (AvgIpc) is 2.88. The van der Waals surface area contributed by atoms with Crippen molar-refractivity contribution in [2.24, 2.45) is 0 Å². The fourth-order valence-electron chi connectivity index (χ4n) is 3.47. The maximum absolute atomic E-state index is 11.0. The number of pyridine rings is 1. The van der Waals surface area contributed by atoms with Gasteiger partial charge in [-0.1, -0.05) is 30.3 Å². The monoisotopic (exact) mass is 354 g/mol. The number of benzene rings is 1. The predicted octanol–water partition coefficient (Wildman–Crippen LogP) is 3.44. The third kappa shape index (κ3) is 4.79. The maximum Gasteiger partial charge on any atom is 0.290 e. The summed E-state index contributed by atoms with van der Waals surface area (Å²) in [6.45, 7) is 6.84. The third-order valence-corrected chi connectivity index (χ3v) is 4.96. The van der Waals surface area contributed by atoms with Crippen LogP contribution in [0.1, 0.15) is 24.0 Å². The van der Waals surface area contributed by atoms with Crippen LogP contribution in [0.4, 0.5) is 11.5 Å². The molecule has 0 saturated carbocycles. The maximum atomic E-state index is 11.0. The van der Waals surface area contributed by atoms with Gasteiger partial charge in [0, 0.05) is 25.2 Å². The molecular weight excluding hydrogens is 328 g/mol. The summed E-state index contributed by atoms with van der Waals surface area (Å²) in [5, 5.41) is 11.0. The van der Waals surface area contributed by atoms with E-state index < -0.39 is 0 Å². The summed E-state index contributed by atoms with van der Waals surface area (Å²) < 4.78 is 0. The molecule has 0 unspecified atom stereocenters. The van der Waals surface area contributed by atoms with Gasteiger partial charge in [0.05, 0.1) is 4.92 Å². The van der Waals surface area contributed by atoms with E-state index in [9.17, 15) is 10.1 Å². The highest BCUT2D eigenvalue weighted by Gasteiger charge is 2.18. The number of nitrogens with zero attached hydrogens (tertiary/aromatic N) is 4. The standard InChI is InChI=1S/C20H26N4O2/c1-17-15-20(21-16-19(17)24(25)26)23-12-6-11-22(13-14-23)10-5-9-18-7-3-2-4-8-18/h2-4,7-8,15-16H,5-6,9-14H2,1H3. The summed E-state index contributed by atoms with van der Waals surface area (Å²) in [7, 11) is 0. The molecule has 0 atom stereocenters.